The molecule has 1 aromatic heterocycles. The number of piperidine rings is 1. The summed E-state index contributed by atoms with van der Waals surface area (Å²) in [5, 5.41) is 2.52. The normalized spacial score (nSPS) is 24.4. The minimum atomic E-state index is -0.279. The number of hydrogen-bond acceptors (Lipinski definition) is 5. The van der Waals surface area contributed by atoms with Crippen LogP contribution in [0, 0.1) is 0 Å². The van der Waals surface area contributed by atoms with Crippen molar-refractivity contribution >= 4 is 17.7 Å². The quantitative estimate of drug-likeness (QED) is 0.813. The molecular weight excluding hydrogens is 362 g/mol. The van der Waals surface area contributed by atoms with Gasteiger partial charge in [-0.3, -0.25) is 19.3 Å². The lowest BCUT2D eigenvalue weighted by molar-refractivity contribution is 0.0564. The van der Waals surface area contributed by atoms with E-state index in [2.05, 4.69) is 23.4 Å². The Labute approximate surface area is 162 Å². The van der Waals surface area contributed by atoms with Crippen LogP contribution in [0.15, 0.2) is 47.4 Å². The van der Waals surface area contributed by atoms with Crippen LogP contribution in [0.5, 0.6) is 5.75 Å². The predicted octanol–water partition coefficient (Wildman–Crippen LogP) is 2.47. The van der Waals surface area contributed by atoms with Gasteiger partial charge in [0.2, 0.25) is 5.43 Å². The summed E-state index contributed by atoms with van der Waals surface area (Å²) >= 11 is 1.78. The second-order valence-electron chi connectivity index (χ2n) is 6.89. The molecule has 0 N–H and O–H groups in total. The summed E-state index contributed by atoms with van der Waals surface area (Å²) in [5.41, 5.74) is 1.22. The molecule has 0 bridgehead atoms. The highest BCUT2D eigenvalue weighted by Crippen LogP contribution is 2.41. The van der Waals surface area contributed by atoms with Crippen LogP contribution in [-0.2, 0) is 0 Å². The minimum absolute atomic E-state index is 0.0915. The number of benzene rings is 1. The van der Waals surface area contributed by atoms with Crippen molar-refractivity contribution in [3.8, 4) is 5.75 Å². The number of hydrogen-bond donors (Lipinski definition) is 0. The molecule has 1 fully saturated rings. The standard InChI is InChI=1S/C20H23N3O3S/c1-21-19-16(27-3)10-9-14(13-7-5-4-6-8-13)23(19)22-12-11-15(24)18(26-2)17(22)20(21)25/h4-8,11-12,14,16,19H,9-10H2,1-3H3/t14-,16-,19-/m0/s1. The van der Waals surface area contributed by atoms with E-state index in [9.17, 15) is 9.59 Å². The van der Waals surface area contributed by atoms with E-state index < -0.39 is 0 Å². The van der Waals surface area contributed by atoms with Crippen LogP contribution in [0.2, 0.25) is 0 Å². The number of carbonyl (C=O) groups excluding carboxylic acids is 1. The number of amides is 1. The molecule has 1 saturated heterocycles. The first-order chi connectivity index (χ1) is 13.1. The number of aromatic nitrogens is 1. The van der Waals surface area contributed by atoms with Gasteiger partial charge in [0, 0.05) is 24.6 Å². The van der Waals surface area contributed by atoms with Crippen molar-refractivity contribution in [2.24, 2.45) is 0 Å². The fourth-order valence-corrected chi connectivity index (χ4v) is 5.20. The Hall–Kier alpha value is -2.41. The van der Waals surface area contributed by atoms with Crippen molar-refractivity contribution < 1.29 is 9.53 Å². The summed E-state index contributed by atoms with van der Waals surface area (Å²) in [6.45, 7) is 0. The number of ether oxygens (including phenoxy) is 1. The number of carbonyl (C=O) groups is 1. The molecule has 3 atom stereocenters. The number of nitrogens with zero attached hydrogens (tertiary/aromatic N) is 3. The molecule has 1 amide bonds. The Morgan fingerprint density at radius 3 is 2.52 bits per heavy atom. The Morgan fingerprint density at radius 1 is 1.11 bits per heavy atom. The van der Waals surface area contributed by atoms with Gasteiger partial charge in [-0.05, 0) is 24.7 Å². The van der Waals surface area contributed by atoms with Gasteiger partial charge >= 0.3 is 0 Å². The molecule has 0 aliphatic carbocycles. The maximum Gasteiger partial charge on any atom is 0.277 e. The molecule has 0 radical (unpaired) electrons. The molecular formula is C20H23N3O3S. The first-order valence-electron chi connectivity index (χ1n) is 9.01. The lowest BCUT2D eigenvalue weighted by Crippen LogP contribution is -2.66. The van der Waals surface area contributed by atoms with Crippen LogP contribution in [0.1, 0.15) is 34.9 Å². The highest BCUT2D eigenvalue weighted by Gasteiger charge is 2.47. The zero-order valence-electron chi connectivity index (χ0n) is 15.7. The van der Waals surface area contributed by atoms with Crippen molar-refractivity contribution in [3.05, 3.63) is 64.1 Å². The monoisotopic (exact) mass is 385 g/mol. The lowest BCUT2D eigenvalue weighted by Gasteiger charge is -2.54. The van der Waals surface area contributed by atoms with Gasteiger partial charge in [-0.2, -0.15) is 11.8 Å². The van der Waals surface area contributed by atoms with Crippen LogP contribution in [-0.4, -0.2) is 47.3 Å². The Balaban J connectivity index is 1.94. The summed E-state index contributed by atoms with van der Waals surface area (Å²) in [6, 6.07) is 11.9. The van der Waals surface area contributed by atoms with Crippen molar-refractivity contribution in [1.82, 2.24) is 9.58 Å². The Kier molecular flexibility index (Phi) is 4.63. The molecule has 1 aromatic carbocycles. The Morgan fingerprint density at radius 2 is 1.85 bits per heavy atom. The zero-order chi connectivity index (χ0) is 19.1. The first-order valence-corrected chi connectivity index (χ1v) is 10.3. The van der Waals surface area contributed by atoms with Gasteiger partial charge in [-0.15, -0.1) is 0 Å². The fraction of sp³-hybridized carbons (Fsp3) is 0.400. The molecule has 2 aliphatic rings. The number of fused-ring (bicyclic) bond motifs is 3. The molecule has 2 aromatic rings. The molecule has 3 heterocycles. The number of pyridine rings is 1. The van der Waals surface area contributed by atoms with Crippen molar-refractivity contribution in [3.63, 3.8) is 0 Å². The summed E-state index contributed by atoms with van der Waals surface area (Å²) < 4.78 is 7.16. The lowest BCUT2D eigenvalue weighted by atomic mass is 9.93. The van der Waals surface area contributed by atoms with E-state index in [0.29, 0.717) is 5.69 Å². The maximum atomic E-state index is 13.2. The van der Waals surface area contributed by atoms with Crippen LogP contribution in [0.3, 0.4) is 0 Å². The smallest absolute Gasteiger partial charge is 0.277 e. The topological polar surface area (TPSA) is 54.8 Å². The third-order valence-corrected chi connectivity index (χ3v) is 6.63. The average Bonchev–Trinajstić information content (AvgIpc) is 2.71. The van der Waals surface area contributed by atoms with Crippen molar-refractivity contribution in [2.45, 2.75) is 30.3 Å². The minimum Gasteiger partial charge on any atom is -0.491 e. The largest absolute Gasteiger partial charge is 0.491 e. The molecule has 4 rings (SSSR count). The molecule has 2 aliphatic heterocycles. The molecule has 6 nitrogen and oxygen atoms in total. The molecule has 142 valence electrons. The van der Waals surface area contributed by atoms with Crippen LogP contribution < -0.4 is 15.2 Å². The van der Waals surface area contributed by atoms with E-state index in [1.54, 1.807) is 22.9 Å². The van der Waals surface area contributed by atoms with Gasteiger partial charge in [0.15, 0.2) is 11.4 Å². The van der Waals surface area contributed by atoms with E-state index in [4.69, 9.17) is 4.74 Å². The van der Waals surface area contributed by atoms with E-state index in [0.717, 1.165) is 12.8 Å². The average molecular weight is 385 g/mol. The number of thioether (sulfide) groups is 1. The molecule has 7 heteroatoms. The van der Waals surface area contributed by atoms with Gasteiger partial charge < -0.3 is 9.64 Å². The third kappa shape index (κ3) is 2.72. The fourth-order valence-electron chi connectivity index (χ4n) is 4.28. The summed E-state index contributed by atoms with van der Waals surface area (Å²) in [7, 11) is 3.25. The van der Waals surface area contributed by atoms with E-state index in [1.165, 1.54) is 18.7 Å². The number of methoxy groups -OCH3 is 1. The van der Waals surface area contributed by atoms with E-state index >= 15 is 0 Å². The van der Waals surface area contributed by atoms with Crippen molar-refractivity contribution in [2.75, 3.05) is 25.4 Å². The van der Waals surface area contributed by atoms with Crippen LogP contribution >= 0.6 is 11.8 Å². The SMILES string of the molecule is COc1c2n(ccc1=O)N1[C@H](c3ccccc3)CC[C@H](SC)[C@H]1N(C)C2=O. The molecule has 0 unspecified atom stereocenters. The van der Waals surface area contributed by atoms with Gasteiger partial charge in [-0.25, -0.2) is 0 Å². The third-order valence-electron chi connectivity index (χ3n) is 5.54. The second kappa shape index (κ2) is 6.96. The van der Waals surface area contributed by atoms with Gasteiger partial charge in [0.1, 0.15) is 6.17 Å². The second-order valence-corrected chi connectivity index (χ2v) is 7.97. The zero-order valence-corrected chi connectivity index (χ0v) is 16.5. The first kappa shape index (κ1) is 18.0. The maximum absolute atomic E-state index is 13.2. The summed E-state index contributed by atoms with van der Waals surface area (Å²) in [6.07, 6.45) is 5.70. The molecule has 0 saturated carbocycles. The summed E-state index contributed by atoms with van der Waals surface area (Å²) in [5.74, 6) is -0.0792. The highest BCUT2D eigenvalue weighted by atomic mass is 32.2. The highest BCUT2D eigenvalue weighted by molar-refractivity contribution is 7.99. The molecule has 27 heavy (non-hydrogen) atoms. The molecule has 0 spiro atoms. The van der Waals surface area contributed by atoms with Crippen LogP contribution in [0.4, 0.5) is 0 Å². The van der Waals surface area contributed by atoms with Gasteiger partial charge in [0.25, 0.3) is 5.91 Å². The van der Waals surface area contributed by atoms with E-state index in [1.807, 2.05) is 29.9 Å². The predicted molar refractivity (Wildman–Crippen MR) is 107 cm³/mol. The van der Waals surface area contributed by atoms with Gasteiger partial charge in [0.05, 0.1) is 13.2 Å². The Bertz CT molecular complexity index is 914. The van der Waals surface area contributed by atoms with E-state index in [-0.39, 0.29) is 34.5 Å². The number of rotatable bonds is 3. The summed E-state index contributed by atoms with van der Waals surface area (Å²) in [4.78, 5) is 27.2. The van der Waals surface area contributed by atoms with Gasteiger partial charge in [-0.1, -0.05) is 30.3 Å². The van der Waals surface area contributed by atoms with Crippen molar-refractivity contribution in [1.29, 1.82) is 0 Å². The van der Waals surface area contributed by atoms with Crippen LogP contribution in [0.25, 0.3) is 0 Å².